The minimum atomic E-state index is -0.116. The standard InChI is InChI=1S/C22H30FN/c1-7-16(4)24-20(8-2)18-13-15(3)21(19(23)14-18)17-9-11-22(5,6)12-10-17/h7,9,13-14H,8,10-12H2,1-6H3/b16-7-,24-20?. The van der Waals surface area contributed by atoms with Crippen molar-refractivity contribution in [2.45, 2.75) is 67.2 Å². The van der Waals surface area contributed by atoms with Crippen LogP contribution in [0, 0.1) is 18.2 Å². The minimum Gasteiger partial charge on any atom is -0.258 e. The third-order valence-corrected chi connectivity index (χ3v) is 4.98. The first-order chi connectivity index (χ1) is 11.3. The molecule has 1 aliphatic rings. The van der Waals surface area contributed by atoms with Crippen LogP contribution in [0.3, 0.4) is 0 Å². The number of halogens is 1. The quantitative estimate of drug-likeness (QED) is 0.536. The molecular formula is C22H30FN. The predicted molar refractivity (Wildman–Crippen MR) is 103 cm³/mol. The van der Waals surface area contributed by atoms with E-state index in [1.807, 2.05) is 26.8 Å². The summed E-state index contributed by atoms with van der Waals surface area (Å²) in [6, 6.07) is 3.75. The normalized spacial score (nSPS) is 18.5. The molecule has 2 rings (SSSR count). The van der Waals surface area contributed by atoms with E-state index in [9.17, 15) is 4.39 Å². The molecule has 0 saturated heterocycles. The molecule has 0 amide bonds. The van der Waals surface area contributed by atoms with E-state index in [0.717, 1.165) is 59.4 Å². The molecule has 2 heteroatoms. The Hall–Kier alpha value is -1.70. The van der Waals surface area contributed by atoms with Crippen molar-refractivity contribution < 1.29 is 4.39 Å². The summed E-state index contributed by atoms with van der Waals surface area (Å²) in [7, 11) is 0. The van der Waals surface area contributed by atoms with Gasteiger partial charge in [0.2, 0.25) is 0 Å². The van der Waals surface area contributed by atoms with E-state index in [2.05, 4.69) is 37.9 Å². The van der Waals surface area contributed by atoms with Crippen molar-refractivity contribution in [3.8, 4) is 0 Å². The molecule has 0 fully saturated rings. The molecule has 0 unspecified atom stereocenters. The SMILES string of the molecule is C/C=C(/C)N=C(CC)c1cc(C)c(C2=CCC(C)(C)CC2)c(F)c1. The van der Waals surface area contributed by atoms with Crippen molar-refractivity contribution in [1.82, 2.24) is 0 Å². The lowest BCUT2D eigenvalue weighted by Gasteiger charge is -2.29. The van der Waals surface area contributed by atoms with Crippen molar-refractivity contribution in [3.63, 3.8) is 0 Å². The number of aryl methyl sites for hydroxylation is 1. The fraction of sp³-hybridized carbons (Fsp3) is 0.500. The third-order valence-electron chi connectivity index (χ3n) is 4.98. The summed E-state index contributed by atoms with van der Waals surface area (Å²) in [6.45, 7) is 12.6. The van der Waals surface area contributed by atoms with Gasteiger partial charge in [0.25, 0.3) is 0 Å². The first-order valence-corrected chi connectivity index (χ1v) is 8.98. The van der Waals surface area contributed by atoms with Crippen LogP contribution in [-0.2, 0) is 0 Å². The van der Waals surface area contributed by atoms with E-state index in [0.29, 0.717) is 5.41 Å². The van der Waals surface area contributed by atoms with Crippen LogP contribution in [0.2, 0.25) is 0 Å². The Morgan fingerprint density at radius 2 is 2.04 bits per heavy atom. The fourth-order valence-corrected chi connectivity index (χ4v) is 3.25. The van der Waals surface area contributed by atoms with Gasteiger partial charge in [-0.1, -0.05) is 32.9 Å². The predicted octanol–water partition coefficient (Wildman–Crippen LogP) is 6.85. The average Bonchev–Trinajstić information content (AvgIpc) is 2.53. The summed E-state index contributed by atoms with van der Waals surface area (Å²) < 4.78 is 14.9. The topological polar surface area (TPSA) is 12.4 Å². The molecule has 24 heavy (non-hydrogen) atoms. The number of rotatable bonds is 4. The Morgan fingerprint density at radius 3 is 2.54 bits per heavy atom. The van der Waals surface area contributed by atoms with Crippen molar-refractivity contribution in [3.05, 3.63) is 52.5 Å². The zero-order valence-electron chi connectivity index (χ0n) is 16.0. The summed E-state index contributed by atoms with van der Waals surface area (Å²) in [5.41, 5.74) is 6.11. The fourth-order valence-electron chi connectivity index (χ4n) is 3.25. The number of aliphatic imine (C=N–C) groups is 1. The number of allylic oxidation sites excluding steroid dienone is 4. The Labute approximate surface area is 146 Å². The van der Waals surface area contributed by atoms with Crippen LogP contribution < -0.4 is 0 Å². The molecule has 1 nitrogen and oxygen atoms in total. The van der Waals surface area contributed by atoms with E-state index in [4.69, 9.17) is 0 Å². The molecule has 0 atom stereocenters. The molecule has 0 radical (unpaired) electrons. The Morgan fingerprint density at radius 1 is 1.33 bits per heavy atom. The van der Waals surface area contributed by atoms with Gasteiger partial charge in [0.1, 0.15) is 5.82 Å². The van der Waals surface area contributed by atoms with Crippen LogP contribution in [0.1, 0.15) is 77.0 Å². The Kier molecular flexibility index (Phi) is 5.79. The molecule has 0 saturated carbocycles. The zero-order valence-corrected chi connectivity index (χ0v) is 16.0. The molecule has 0 N–H and O–H groups in total. The van der Waals surface area contributed by atoms with Gasteiger partial charge < -0.3 is 0 Å². The maximum Gasteiger partial charge on any atom is 0.131 e. The first-order valence-electron chi connectivity index (χ1n) is 8.98. The summed E-state index contributed by atoms with van der Waals surface area (Å²) in [5, 5.41) is 0. The van der Waals surface area contributed by atoms with Crippen LogP contribution >= 0.6 is 0 Å². The second-order valence-corrected chi connectivity index (χ2v) is 7.59. The van der Waals surface area contributed by atoms with Crippen molar-refractivity contribution in [1.29, 1.82) is 0 Å². The first kappa shape index (κ1) is 18.6. The van der Waals surface area contributed by atoms with E-state index < -0.39 is 0 Å². The molecule has 0 bridgehead atoms. The molecule has 130 valence electrons. The van der Waals surface area contributed by atoms with Crippen molar-refractivity contribution >= 4 is 11.3 Å². The monoisotopic (exact) mass is 327 g/mol. The molecule has 1 aromatic carbocycles. The van der Waals surface area contributed by atoms with Gasteiger partial charge >= 0.3 is 0 Å². The van der Waals surface area contributed by atoms with Crippen LogP contribution in [0.25, 0.3) is 5.57 Å². The second-order valence-electron chi connectivity index (χ2n) is 7.59. The maximum atomic E-state index is 14.9. The van der Waals surface area contributed by atoms with E-state index >= 15 is 0 Å². The molecular weight excluding hydrogens is 297 g/mol. The Bertz CT molecular complexity index is 682. The average molecular weight is 327 g/mol. The van der Waals surface area contributed by atoms with Gasteiger partial charge in [0, 0.05) is 17.0 Å². The highest BCUT2D eigenvalue weighted by atomic mass is 19.1. The summed E-state index contributed by atoms with van der Waals surface area (Å²) in [5.74, 6) is -0.116. The lowest BCUT2D eigenvalue weighted by Crippen LogP contribution is -2.15. The summed E-state index contributed by atoms with van der Waals surface area (Å²) >= 11 is 0. The molecule has 0 heterocycles. The lowest BCUT2D eigenvalue weighted by molar-refractivity contribution is 0.334. The number of hydrogen-bond acceptors (Lipinski definition) is 1. The van der Waals surface area contributed by atoms with Gasteiger partial charge in [0.05, 0.1) is 0 Å². The molecule has 0 aliphatic heterocycles. The Balaban J connectivity index is 2.43. The summed E-state index contributed by atoms with van der Waals surface area (Å²) in [4.78, 5) is 4.62. The van der Waals surface area contributed by atoms with Crippen molar-refractivity contribution in [2.24, 2.45) is 10.4 Å². The maximum absolute atomic E-state index is 14.9. The number of benzene rings is 1. The largest absolute Gasteiger partial charge is 0.258 e. The summed E-state index contributed by atoms with van der Waals surface area (Å²) in [6.07, 6.45) is 8.08. The third kappa shape index (κ3) is 4.23. The highest BCUT2D eigenvalue weighted by Gasteiger charge is 2.24. The van der Waals surface area contributed by atoms with Gasteiger partial charge in [-0.25, -0.2) is 4.39 Å². The highest BCUT2D eigenvalue weighted by Crippen LogP contribution is 2.39. The number of nitrogens with zero attached hydrogens (tertiary/aromatic N) is 1. The highest BCUT2D eigenvalue weighted by molar-refractivity contribution is 6.01. The van der Waals surface area contributed by atoms with E-state index in [1.165, 1.54) is 0 Å². The smallest absolute Gasteiger partial charge is 0.131 e. The van der Waals surface area contributed by atoms with Crippen molar-refractivity contribution in [2.75, 3.05) is 0 Å². The molecule has 1 aliphatic carbocycles. The van der Waals surface area contributed by atoms with Gasteiger partial charge in [0.15, 0.2) is 0 Å². The van der Waals surface area contributed by atoms with Gasteiger partial charge in [-0.2, -0.15) is 0 Å². The van der Waals surface area contributed by atoms with Crippen LogP contribution in [0.4, 0.5) is 4.39 Å². The number of hydrogen-bond donors (Lipinski definition) is 0. The molecule has 0 aromatic heterocycles. The van der Waals surface area contributed by atoms with Crippen LogP contribution in [0.15, 0.2) is 35.0 Å². The lowest BCUT2D eigenvalue weighted by atomic mass is 9.76. The minimum absolute atomic E-state index is 0.116. The van der Waals surface area contributed by atoms with Gasteiger partial charge in [-0.05, 0) is 80.7 Å². The van der Waals surface area contributed by atoms with Crippen LogP contribution in [-0.4, -0.2) is 5.71 Å². The van der Waals surface area contributed by atoms with E-state index in [-0.39, 0.29) is 5.82 Å². The van der Waals surface area contributed by atoms with E-state index in [1.54, 1.807) is 6.07 Å². The molecule has 0 spiro atoms. The zero-order chi connectivity index (χ0) is 17.9. The second kappa shape index (κ2) is 7.46. The van der Waals surface area contributed by atoms with Gasteiger partial charge in [-0.3, -0.25) is 4.99 Å². The van der Waals surface area contributed by atoms with Gasteiger partial charge in [-0.15, -0.1) is 0 Å². The molecule has 1 aromatic rings. The van der Waals surface area contributed by atoms with Crippen LogP contribution in [0.5, 0.6) is 0 Å².